The Kier molecular flexibility index (Phi) is 7.15. The van der Waals surface area contributed by atoms with Crippen molar-refractivity contribution in [3.63, 3.8) is 0 Å². The van der Waals surface area contributed by atoms with Crippen LogP contribution in [-0.4, -0.2) is 27.0 Å². The van der Waals surface area contributed by atoms with Crippen molar-refractivity contribution in [1.82, 2.24) is 4.72 Å². The summed E-state index contributed by atoms with van der Waals surface area (Å²) in [5.41, 5.74) is 6.67. The van der Waals surface area contributed by atoms with E-state index in [2.05, 4.69) is 11.0 Å². The number of hydrogen-bond donors (Lipinski definition) is 2. The van der Waals surface area contributed by atoms with Gasteiger partial charge in [-0.2, -0.15) is 11.8 Å². The van der Waals surface area contributed by atoms with Crippen LogP contribution in [0.3, 0.4) is 0 Å². The molecule has 0 aliphatic rings. The van der Waals surface area contributed by atoms with E-state index in [1.54, 1.807) is 24.8 Å². The van der Waals surface area contributed by atoms with Crippen LogP contribution in [0.25, 0.3) is 0 Å². The van der Waals surface area contributed by atoms with Gasteiger partial charge < -0.3 is 5.73 Å². The Morgan fingerprint density at radius 1 is 1.30 bits per heavy atom. The number of hydrogen-bond acceptors (Lipinski definition) is 4. The van der Waals surface area contributed by atoms with Gasteiger partial charge in [0.05, 0.1) is 4.90 Å². The van der Waals surface area contributed by atoms with Crippen LogP contribution in [0.4, 0.5) is 5.69 Å². The molecule has 0 fully saturated rings. The lowest BCUT2D eigenvalue weighted by Crippen LogP contribution is -2.25. The molecule has 20 heavy (non-hydrogen) atoms. The first kappa shape index (κ1) is 17.6. The molecule has 0 aromatic heterocycles. The zero-order valence-corrected chi connectivity index (χ0v) is 14.2. The van der Waals surface area contributed by atoms with E-state index in [4.69, 9.17) is 17.3 Å². The Bertz CT molecular complexity index is 548. The SMILES string of the molecule is CSCCCCCNS(=O)(=O)c1cc(Cl)cc(N)c1C. The van der Waals surface area contributed by atoms with Gasteiger partial charge in [0.15, 0.2) is 0 Å². The lowest BCUT2D eigenvalue weighted by Gasteiger charge is -2.11. The molecule has 0 aliphatic heterocycles. The van der Waals surface area contributed by atoms with Crippen molar-refractivity contribution in [2.24, 2.45) is 0 Å². The molecule has 0 radical (unpaired) electrons. The van der Waals surface area contributed by atoms with Crippen molar-refractivity contribution in [1.29, 1.82) is 0 Å². The number of anilines is 1. The summed E-state index contributed by atoms with van der Waals surface area (Å²) in [5.74, 6) is 1.11. The molecule has 1 aromatic rings. The van der Waals surface area contributed by atoms with E-state index in [9.17, 15) is 8.42 Å². The van der Waals surface area contributed by atoms with Gasteiger partial charge in [0.1, 0.15) is 0 Å². The van der Waals surface area contributed by atoms with Crippen molar-refractivity contribution in [2.45, 2.75) is 31.1 Å². The van der Waals surface area contributed by atoms with Crippen LogP contribution < -0.4 is 10.5 Å². The average molecular weight is 337 g/mol. The summed E-state index contributed by atoms with van der Waals surface area (Å²) < 4.78 is 27.0. The third kappa shape index (κ3) is 5.16. The molecule has 114 valence electrons. The molecule has 0 spiro atoms. The number of nitrogen functional groups attached to an aromatic ring is 1. The maximum atomic E-state index is 12.2. The highest BCUT2D eigenvalue weighted by molar-refractivity contribution is 7.98. The zero-order chi connectivity index (χ0) is 15.2. The monoisotopic (exact) mass is 336 g/mol. The summed E-state index contributed by atoms with van der Waals surface area (Å²) in [6, 6.07) is 2.99. The van der Waals surface area contributed by atoms with Gasteiger partial charge in [0.25, 0.3) is 0 Å². The van der Waals surface area contributed by atoms with E-state index in [0.717, 1.165) is 25.0 Å². The van der Waals surface area contributed by atoms with Crippen molar-refractivity contribution < 1.29 is 8.42 Å². The van der Waals surface area contributed by atoms with Gasteiger partial charge in [-0.3, -0.25) is 0 Å². The molecule has 7 heteroatoms. The Morgan fingerprint density at radius 2 is 2.00 bits per heavy atom. The first-order chi connectivity index (χ1) is 9.38. The largest absolute Gasteiger partial charge is 0.398 e. The lowest BCUT2D eigenvalue weighted by molar-refractivity contribution is 0.575. The van der Waals surface area contributed by atoms with Gasteiger partial charge in [-0.25, -0.2) is 13.1 Å². The second kappa shape index (κ2) is 8.12. The fourth-order valence-corrected chi connectivity index (χ4v) is 3.94. The number of unbranched alkanes of at least 4 members (excludes halogenated alkanes) is 2. The summed E-state index contributed by atoms with van der Waals surface area (Å²) >= 11 is 7.67. The van der Waals surface area contributed by atoms with Gasteiger partial charge in [0.2, 0.25) is 10.0 Å². The quantitative estimate of drug-likeness (QED) is 0.565. The first-order valence-electron chi connectivity index (χ1n) is 6.42. The van der Waals surface area contributed by atoms with Crippen molar-refractivity contribution in [3.05, 3.63) is 22.7 Å². The third-order valence-corrected chi connectivity index (χ3v) is 5.47. The fraction of sp³-hybridized carbons (Fsp3) is 0.538. The minimum atomic E-state index is -3.55. The molecule has 3 N–H and O–H groups in total. The maximum absolute atomic E-state index is 12.2. The Morgan fingerprint density at radius 3 is 2.65 bits per heavy atom. The third-order valence-electron chi connectivity index (χ3n) is 2.97. The Balaban J connectivity index is 2.65. The van der Waals surface area contributed by atoms with E-state index in [1.807, 2.05) is 0 Å². The number of benzene rings is 1. The molecule has 0 saturated heterocycles. The number of nitrogens with two attached hydrogens (primary N) is 1. The van der Waals surface area contributed by atoms with Crippen molar-refractivity contribution in [2.75, 3.05) is 24.3 Å². The summed E-state index contributed by atoms with van der Waals surface area (Å²) in [4.78, 5) is 0.159. The lowest BCUT2D eigenvalue weighted by atomic mass is 10.2. The molecule has 0 bridgehead atoms. The minimum Gasteiger partial charge on any atom is -0.398 e. The highest BCUT2D eigenvalue weighted by atomic mass is 35.5. The predicted molar refractivity (Wildman–Crippen MR) is 88.0 cm³/mol. The minimum absolute atomic E-state index is 0.159. The van der Waals surface area contributed by atoms with E-state index in [0.29, 0.717) is 22.8 Å². The molecule has 4 nitrogen and oxygen atoms in total. The molecule has 0 heterocycles. The van der Waals surface area contributed by atoms with Crippen molar-refractivity contribution in [3.8, 4) is 0 Å². The summed E-state index contributed by atoms with van der Waals surface area (Å²) in [6.07, 6.45) is 5.01. The topological polar surface area (TPSA) is 72.2 Å². The van der Waals surface area contributed by atoms with Crippen LogP contribution in [-0.2, 0) is 10.0 Å². The molecule has 0 unspecified atom stereocenters. The first-order valence-corrected chi connectivity index (χ1v) is 9.68. The number of halogens is 1. The van der Waals surface area contributed by atoms with E-state index < -0.39 is 10.0 Å². The van der Waals surface area contributed by atoms with Crippen LogP contribution in [0.15, 0.2) is 17.0 Å². The molecular weight excluding hydrogens is 316 g/mol. The normalized spacial score (nSPS) is 11.8. The van der Waals surface area contributed by atoms with Gasteiger partial charge in [-0.05, 0) is 49.5 Å². The van der Waals surface area contributed by atoms with Gasteiger partial charge in [0, 0.05) is 17.3 Å². The molecule has 0 atom stereocenters. The molecule has 0 amide bonds. The van der Waals surface area contributed by atoms with Crippen LogP contribution in [0, 0.1) is 6.92 Å². The smallest absolute Gasteiger partial charge is 0.240 e. The van der Waals surface area contributed by atoms with Crippen LogP contribution in [0.5, 0.6) is 0 Å². The van der Waals surface area contributed by atoms with Gasteiger partial charge >= 0.3 is 0 Å². The highest BCUT2D eigenvalue weighted by Crippen LogP contribution is 2.25. The van der Waals surface area contributed by atoms with Crippen LogP contribution in [0.2, 0.25) is 5.02 Å². The molecule has 1 rings (SSSR count). The molecule has 1 aromatic carbocycles. The zero-order valence-electron chi connectivity index (χ0n) is 11.8. The number of thioether (sulfide) groups is 1. The molecular formula is C13H21ClN2O2S2. The standard InChI is InChI=1S/C13H21ClN2O2S2/c1-10-12(15)8-11(14)9-13(10)20(17,18)16-6-4-3-5-7-19-2/h8-9,16H,3-7,15H2,1-2H3. The van der Waals surface area contributed by atoms with E-state index in [-0.39, 0.29) is 4.90 Å². The number of sulfonamides is 1. The van der Waals surface area contributed by atoms with Crippen LogP contribution in [0.1, 0.15) is 24.8 Å². The molecule has 0 saturated carbocycles. The summed E-state index contributed by atoms with van der Waals surface area (Å²) in [7, 11) is -3.55. The van der Waals surface area contributed by atoms with Crippen LogP contribution >= 0.6 is 23.4 Å². The number of rotatable bonds is 8. The average Bonchev–Trinajstić information content (AvgIpc) is 2.37. The summed E-state index contributed by atoms with van der Waals surface area (Å²) in [6.45, 7) is 2.11. The maximum Gasteiger partial charge on any atom is 0.240 e. The van der Waals surface area contributed by atoms with E-state index in [1.165, 1.54) is 6.07 Å². The van der Waals surface area contributed by atoms with Gasteiger partial charge in [-0.15, -0.1) is 0 Å². The Labute approximate surface area is 130 Å². The second-order valence-corrected chi connectivity index (χ2v) is 7.73. The fourth-order valence-electron chi connectivity index (χ4n) is 1.79. The number of nitrogens with one attached hydrogen (secondary N) is 1. The Hall–Kier alpha value is -0.430. The second-order valence-electron chi connectivity index (χ2n) is 4.57. The molecule has 0 aliphatic carbocycles. The van der Waals surface area contributed by atoms with Gasteiger partial charge in [-0.1, -0.05) is 18.0 Å². The highest BCUT2D eigenvalue weighted by Gasteiger charge is 2.18. The van der Waals surface area contributed by atoms with Crippen molar-refractivity contribution >= 4 is 39.1 Å². The summed E-state index contributed by atoms with van der Waals surface area (Å²) in [5, 5.41) is 0.327. The van der Waals surface area contributed by atoms with E-state index >= 15 is 0 Å². The predicted octanol–water partition coefficient (Wildman–Crippen LogP) is 3.04.